The number of aliphatic carboxylic acids is 1. The molecule has 0 aromatic heterocycles. The predicted octanol–water partition coefficient (Wildman–Crippen LogP) is 4.71. The quantitative estimate of drug-likeness (QED) is 0.443. The Morgan fingerprint density at radius 1 is 1.05 bits per heavy atom. The molecule has 2 atom stereocenters. The van der Waals surface area contributed by atoms with Crippen LogP contribution in [0.5, 0.6) is 0 Å². The molecule has 192 valence electrons. The van der Waals surface area contributed by atoms with Crippen molar-refractivity contribution in [2.24, 2.45) is 0 Å². The monoisotopic (exact) mass is 544 g/mol. The molecule has 1 aliphatic rings. The Morgan fingerprint density at radius 2 is 1.78 bits per heavy atom. The van der Waals surface area contributed by atoms with Gasteiger partial charge in [-0.05, 0) is 35.4 Å². The van der Waals surface area contributed by atoms with Crippen molar-refractivity contribution in [3.05, 3.63) is 105 Å². The number of halogens is 3. The number of carbonyl (C=O) groups excluding carboxylic acids is 2. The summed E-state index contributed by atoms with van der Waals surface area (Å²) in [4.78, 5) is 41.0. The van der Waals surface area contributed by atoms with E-state index < -0.39 is 36.4 Å². The van der Waals surface area contributed by atoms with Gasteiger partial charge in [-0.3, -0.25) is 14.4 Å². The van der Waals surface area contributed by atoms with Crippen LogP contribution in [0.4, 0.5) is 4.39 Å². The third-order valence-electron chi connectivity index (χ3n) is 6.00. The van der Waals surface area contributed by atoms with Crippen molar-refractivity contribution in [3.63, 3.8) is 0 Å². The topological polar surface area (TPSA) is 87.1 Å². The Morgan fingerprint density at radius 3 is 2.46 bits per heavy atom. The first kappa shape index (κ1) is 26.6. The van der Waals surface area contributed by atoms with Crippen molar-refractivity contribution in [2.45, 2.75) is 25.2 Å². The van der Waals surface area contributed by atoms with Crippen LogP contribution in [-0.2, 0) is 32.2 Å². The summed E-state index contributed by atoms with van der Waals surface area (Å²) >= 11 is 12.3. The molecule has 3 aromatic carbocycles. The molecule has 1 saturated heterocycles. The Kier molecular flexibility index (Phi) is 8.43. The average molecular weight is 545 g/mol. The number of hydrogen-bond donors (Lipinski definition) is 1. The highest BCUT2D eigenvalue weighted by Crippen LogP contribution is 2.34. The summed E-state index contributed by atoms with van der Waals surface area (Å²) < 4.78 is 20.3. The molecule has 3 aromatic rings. The zero-order valence-electron chi connectivity index (χ0n) is 19.5. The second kappa shape index (κ2) is 11.7. The van der Waals surface area contributed by atoms with E-state index >= 15 is 0 Å². The zero-order valence-corrected chi connectivity index (χ0v) is 21.0. The standard InChI is InChI=1S/C27H23Cl2FN2O5/c28-19-9-4-6-17(12-19)13-32-23(33)16-37-26(25(32)18-7-2-1-3-8-18)27(36)31(15-24(34)35)14-20-21(29)10-5-11-22(20)30/h1-12,25-26H,13-16H2,(H,34,35)/t25-,26+/m1/s1. The molecule has 0 unspecified atom stereocenters. The summed E-state index contributed by atoms with van der Waals surface area (Å²) in [7, 11) is 0. The summed E-state index contributed by atoms with van der Waals surface area (Å²) in [6.45, 7) is -1.35. The number of nitrogens with zero attached hydrogens (tertiary/aromatic N) is 2. The summed E-state index contributed by atoms with van der Waals surface area (Å²) in [6.07, 6.45) is -1.25. The molecule has 1 heterocycles. The molecule has 0 spiro atoms. The van der Waals surface area contributed by atoms with Crippen LogP contribution in [0.15, 0.2) is 72.8 Å². The lowest BCUT2D eigenvalue weighted by Crippen LogP contribution is -2.55. The van der Waals surface area contributed by atoms with Crippen LogP contribution >= 0.6 is 23.2 Å². The van der Waals surface area contributed by atoms with Crippen LogP contribution in [0.25, 0.3) is 0 Å². The number of amides is 2. The second-order valence-corrected chi connectivity index (χ2v) is 9.37. The van der Waals surface area contributed by atoms with Crippen molar-refractivity contribution in [1.29, 1.82) is 0 Å². The van der Waals surface area contributed by atoms with Gasteiger partial charge in [0.05, 0.1) is 12.6 Å². The van der Waals surface area contributed by atoms with Crippen molar-refractivity contribution >= 4 is 41.0 Å². The SMILES string of the molecule is O=C(O)CN(Cc1c(F)cccc1Cl)C(=O)[C@H]1OCC(=O)N(Cc2cccc(Cl)c2)[C@@H]1c1ccccc1. The van der Waals surface area contributed by atoms with E-state index in [0.717, 1.165) is 10.5 Å². The van der Waals surface area contributed by atoms with Crippen molar-refractivity contribution in [1.82, 2.24) is 9.80 Å². The number of hydrogen-bond acceptors (Lipinski definition) is 4. The van der Waals surface area contributed by atoms with Crippen LogP contribution in [-0.4, -0.2) is 51.9 Å². The maximum Gasteiger partial charge on any atom is 0.323 e. The third-order valence-corrected chi connectivity index (χ3v) is 6.59. The molecule has 0 aliphatic carbocycles. The molecule has 0 radical (unpaired) electrons. The van der Waals surface area contributed by atoms with E-state index in [4.69, 9.17) is 27.9 Å². The molecule has 0 bridgehead atoms. The molecular formula is C27H23Cl2FN2O5. The van der Waals surface area contributed by atoms with Gasteiger partial charge >= 0.3 is 5.97 Å². The Bertz CT molecular complexity index is 1290. The van der Waals surface area contributed by atoms with E-state index in [1.54, 1.807) is 48.5 Å². The largest absolute Gasteiger partial charge is 0.480 e. The number of rotatable bonds is 8. The molecule has 1 fully saturated rings. The number of carboxylic acid groups (broad SMARTS) is 1. The van der Waals surface area contributed by atoms with Crippen LogP contribution in [0.2, 0.25) is 10.0 Å². The molecule has 37 heavy (non-hydrogen) atoms. The minimum atomic E-state index is -1.29. The summed E-state index contributed by atoms with van der Waals surface area (Å²) in [5.74, 6) is -3.02. The molecule has 2 amide bonds. The fourth-order valence-electron chi connectivity index (χ4n) is 4.31. The van der Waals surface area contributed by atoms with Crippen molar-refractivity contribution in [2.75, 3.05) is 13.2 Å². The van der Waals surface area contributed by atoms with Gasteiger partial charge in [-0.15, -0.1) is 0 Å². The van der Waals surface area contributed by atoms with E-state index in [0.29, 0.717) is 10.6 Å². The van der Waals surface area contributed by atoms with Crippen LogP contribution in [0.3, 0.4) is 0 Å². The molecule has 7 nitrogen and oxygen atoms in total. The van der Waals surface area contributed by atoms with Gasteiger partial charge < -0.3 is 19.6 Å². The van der Waals surface area contributed by atoms with E-state index in [2.05, 4.69) is 0 Å². The Labute approximate surface area is 223 Å². The van der Waals surface area contributed by atoms with Gasteiger partial charge in [0.15, 0.2) is 6.10 Å². The molecule has 1 aliphatic heterocycles. The minimum Gasteiger partial charge on any atom is -0.480 e. The fraction of sp³-hybridized carbons (Fsp3) is 0.222. The van der Waals surface area contributed by atoms with Crippen molar-refractivity contribution < 1.29 is 28.6 Å². The highest BCUT2D eigenvalue weighted by Gasteiger charge is 2.43. The normalized spacial score (nSPS) is 17.5. The third kappa shape index (κ3) is 6.28. The zero-order chi connectivity index (χ0) is 26.5. The number of morpholine rings is 1. The fourth-order valence-corrected chi connectivity index (χ4v) is 4.75. The lowest BCUT2D eigenvalue weighted by atomic mass is 9.95. The molecule has 0 saturated carbocycles. The summed E-state index contributed by atoms with van der Waals surface area (Å²) in [5.41, 5.74) is 1.35. The number of carboxylic acids is 1. The van der Waals surface area contributed by atoms with Gasteiger partial charge in [-0.25, -0.2) is 4.39 Å². The predicted molar refractivity (Wildman–Crippen MR) is 135 cm³/mol. The average Bonchev–Trinajstić information content (AvgIpc) is 2.86. The molecule has 4 rings (SSSR count). The van der Waals surface area contributed by atoms with Crippen LogP contribution < -0.4 is 0 Å². The molecule has 10 heteroatoms. The lowest BCUT2D eigenvalue weighted by Gasteiger charge is -2.42. The van der Waals surface area contributed by atoms with Gasteiger partial charge in [0.2, 0.25) is 5.91 Å². The minimum absolute atomic E-state index is 0.0160. The van der Waals surface area contributed by atoms with Gasteiger partial charge in [0.25, 0.3) is 5.91 Å². The smallest absolute Gasteiger partial charge is 0.323 e. The summed E-state index contributed by atoms with van der Waals surface area (Å²) in [5, 5.41) is 10.1. The van der Waals surface area contributed by atoms with E-state index in [-0.39, 0.29) is 36.2 Å². The molecular weight excluding hydrogens is 522 g/mol. The first-order valence-electron chi connectivity index (χ1n) is 11.4. The summed E-state index contributed by atoms with van der Waals surface area (Å²) in [6, 6.07) is 19.0. The Balaban J connectivity index is 1.72. The number of ether oxygens (including phenoxy) is 1. The van der Waals surface area contributed by atoms with E-state index in [1.807, 2.05) is 6.07 Å². The number of carbonyl (C=O) groups is 3. The number of benzene rings is 3. The maximum atomic E-state index is 14.5. The first-order valence-corrected chi connectivity index (χ1v) is 12.1. The maximum absolute atomic E-state index is 14.5. The first-order chi connectivity index (χ1) is 17.7. The second-order valence-electron chi connectivity index (χ2n) is 8.53. The van der Waals surface area contributed by atoms with Crippen LogP contribution in [0.1, 0.15) is 22.7 Å². The highest BCUT2D eigenvalue weighted by molar-refractivity contribution is 6.31. The van der Waals surface area contributed by atoms with Crippen molar-refractivity contribution in [3.8, 4) is 0 Å². The van der Waals surface area contributed by atoms with Gasteiger partial charge in [-0.1, -0.05) is 71.7 Å². The Hall–Kier alpha value is -3.46. The van der Waals surface area contributed by atoms with E-state index in [1.165, 1.54) is 23.1 Å². The van der Waals surface area contributed by atoms with Gasteiger partial charge in [0, 0.05) is 22.2 Å². The highest BCUT2D eigenvalue weighted by atomic mass is 35.5. The lowest BCUT2D eigenvalue weighted by molar-refractivity contribution is -0.172. The van der Waals surface area contributed by atoms with E-state index in [9.17, 15) is 23.9 Å². The van der Waals surface area contributed by atoms with Gasteiger partial charge in [-0.2, -0.15) is 0 Å². The van der Waals surface area contributed by atoms with Gasteiger partial charge in [0.1, 0.15) is 19.0 Å². The molecule has 1 N–H and O–H groups in total. The van der Waals surface area contributed by atoms with Crippen LogP contribution in [0, 0.1) is 5.82 Å².